The van der Waals surface area contributed by atoms with Gasteiger partial charge in [0.15, 0.2) is 5.16 Å². The Morgan fingerprint density at radius 3 is 2.27 bits per heavy atom. The van der Waals surface area contributed by atoms with E-state index < -0.39 is 0 Å². The molecular weight excluding hydrogens is 396 g/mol. The van der Waals surface area contributed by atoms with E-state index in [9.17, 15) is 10.1 Å². The first-order valence-electron chi connectivity index (χ1n) is 9.51. The van der Waals surface area contributed by atoms with Gasteiger partial charge in [-0.2, -0.15) is 0 Å². The SMILES string of the molecule is Cc1ccc(-n2c(Cc3ccccc3)nnc2SCc2ccc([N+](=O)[O-])cc2)cc1. The zero-order chi connectivity index (χ0) is 20.9. The largest absolute Gasteiger partial charge is 0.274 e. The predicted octanol–water partition coefficient (Wildman–Crippen LogP) is 5.37. The third-order valence-electron chi connectivity index (χ3n) is 4.71. The van der Waals surface area contributed by atoms with Crippen molar-refractivity contribution >= 4 is 17.4 Å². The first-order valence-corrected chi connectivity index (χ1v) is 10.5. The monoisotopic (exact) mass is 416 g/mol. The number of rotatable bonds is 7. The van der Waals surface area contributed by atoms with E-state index in [1.165, 1.54) is 23.3 Å². The second kappa shape index (κ2) is 8.92. The summed E-state index contributed by atoms with van der Waals surface area (Å²) in [6.45, 7) is 2.06. The number of nitro benzene ring substituents is 1. The van der Waals surface area contributed by atoms with Crippen LogP contribution in [0.4, 0.5) is 5.69 Å². The van der Waals surface area contributed by atoms with E-state index in [1.807, 2.05) is 18.2 Å². The highest BCUT2D eigenvalue weighted by Crippen LogP contribution is 2.27. The molecule has 4 aromatic rings. The van der Waals surface area contributed by atoms with Crippen LogP contribution in [0.5, 0.6) is 0 Å². The number of nitrogens with zero attached hydrogens (tertiary/aromatic N) is 4. The molecule has 0 N–H and O–H groups in total. The van der Waals surface area contributed by atoms with E-state index >= 15 is 0 Å². The third kappa shape index (κ3) is 4.58. The average molecular weight is 417 g/mol. The summed E-state index contributed by atoms with van der Waals surface area (Å²) >= 11 is 1.56. The summed E-state index contributed by atoms with van der Waals surface area (Å²) in [6, 6.07) is 25.1. The predicted molar refractivity (Wildman–Crippen MR) is 118 cm³/mol. The number of aromatic nitrogens is 3. The maximum absolute atomic E-state index is 10.8. The number of hydrogen-bond donors (Lipinski definition) is 0. The molecule has 0 bridgehead atoms. The number of benzene rings is 3. The van der Waals surface area contributed by atoms with Gasteiger partial charge >= 0.3 is 0 Å². The van der Waals surface area contributed by atoms with Crippen LogP contribution in [0.15, 0.2) is 84.0 Å². The zero-order valence-electron chi connectivity index (χ0n) is 16.4. The first-order chi connectivity index (χ1) is 14.6. The molecular formula is C23H20N4O2S. The van der Waals surface area contributed by atoms with Crippen molar-refractivity contribution in [1.29, 1.82) is 0 Å². The van der Waals surface area contributed by atoms with Crippen LogP contribution in [0.3, 0.4) is 0 Å². The van der Waals surface area contributed by atoms with Crippen LogP contribution in [0.1, 0.15) is 22.5 Å². The van der Waals surface area contributed by atoms with Gasteiger partial charge in [-0.25, -0.2) is 0 Å². The molecule has 1 aromatic heterocycles. The molecule has 0 radical (unpaired) electrons. The van der Waals surface area contributed by atoms with E-state index in [1.54, 1.807) is 23.9 Å². The molecule has 0 aliphatic rings. The van der Waals surface area contributed by atoms with Gasteiger partial charge in [-0.15, -0.1) is 10.2 Å². The highest BCUT2D eigenvalue weighted by atomic mass is 32.2. The van der Waals surface area contributed by atoms with Crippen LogP contribution in [-0.2, 0) is 12.2 Å². The number of hydrogen-bond acceptors (Lipinski definition) is 5. The summed E-state index contributed by atoms with van der Waals surface area (Å²) in [7, 11) is 0. The molecule has 6 nitrogen and oxygen atoms in total. The average Bonchev–Trinajstić information content (AvgIpc) is 3.16. The van der Waals surface area contributed by atoms with Gasteiger partial charge in [0.2, 0.25) is 0 Å². The Hall–Kier alpha value is -3.45. The molecule has 0 fully saturated rings. The molecule has 0 atom stereocenters. The zero-order valence-corrected chi connectivity index (χ0v) is 17.2. The van der Waals surface area contributed by atoms with Crippen molar-refractivity contribution in [3.05, 3.63) is 111 Å². The van der Waals surface area contributed by atoms with Gasteiger partial charge in [-0.3, -0.25) is 14.7 Å². The lowest BCUT2D eigenvalue weighted by molar-refractivity contribution is -0.384. The van der Waals surface area contributed by atoms with Gasteiger partial charge < -0.3 is 0 Å². The molecule has 150 valence electrons. The Kier molecular flexibility index (Phi) is 5.90. The van der Waals surface area contributed by atoms with Crippen molar-refractivity contribution in [3.8, 4) is 5.69 Å². The highest BCUT2D eigenvalue weighted by molar-refractivity contribution is 7.98. The van der Waals surface area contributed by atoms with Gasteiger partial charge in [0.1, 0.15) is 5.82 Å². The van der Waals surface area contributed by atoms with Crippen molar-refractivity contribution in [1.82, 2.24) is 14.8 Å². The van der Waals surface area contributed by atoms with Crippen LogP contribution in [0.25, 0.3) is 5.69 Å². The van der Waals surface area contributed by atoms with Gasteiger partial charge in [0.25, 0.3) is 5.69 Å². The van der Waals surface area contributed by atoms with Gasteiger partial charge in [-0.05, 0) is 30.2 Å². The maximum atomic E-state index is 10.8. The van der Waals surface area contributed by atoms with E-state index in [2.05, 4.69) is 58.1 Å². The molecule has 0 saturated carbocycles. The minimum atomic E-state index is -0.388. The van der Waals surface area contributed by atoms with E-state index in [0.29, 0.717) is 12.2 Å². The summed E-state index contributed by atoms with van der Waals surface area (Å²) in [5.74, 6) is 1.52. The van der Waals surface area contributed by atoms with Crippen molar-refractivity contribution in [2.24, 2.45) is 0 Å². The lowest BCUT2D eigenvalue weighted by atomic mass is 10.1. The van der Waals surface area contributed by atoms with Crippen LogP contribution >= 0.6 is 11.8 Å². The summed E-state index contributed by atoms with van der Waals surface area (Å²) in [5.41, 5.74) is 4.47. The molecule has 0 unspecified atom stereocenters. The summed E-state index contributed by atoms with van der Waals surface area (Å²) < 4.78 is 2.09. The van der Waals surface area contributed by atoms with Gasteiger partial charge in [-0.1, -0.05) is 71.9 Å². The van der Waals surface area contributed by atoms with Crippen LogP contribution in [0, 0.1) is 17.0 Å². The Bertz CT molecular complexity index is 1140. The minimum absolute atomic E-state index is 0.0942. The lowest BCUT2D eigenvalue weighted by Crippen LogP contribution is -2.04. The number of thioether (sulfide) groups is 1. The smallest absolute Gasteiger partial charge is 0.269 e. The fraction of sp³-hybridized carbons (Fsp3) is 0.130. The molecule has 0 aliphatic carbocycles. The number of nitro groups is 1. The Morgan fingerprint density at radius 1 is 0.900 bits per heavy atom. The maximum Gasteiger partial charge on any atom is 0.269 e. The highest BCUT2D eigenvalue weighted by Gasteiger charge is 2.15. The van der Waals surface area contributed by atoms with Crippen LogP contribution < -0.4 is 0 Å². The minimum Gasteiger partial charge on any atom is -0.274 e. The normalized spacial score (nSPS) is 10.8. The van der Waals surface area contributed by atoms with Gasteiger partial charge in [0, 0.05) is 30.0 Å². The molecule has 0 aliphatic heterocycles. The van der Waals surface area contributed by atoms with Crippen molar-refractivity contribution in [2.45, 2.75) is 24.3 Å². The summed E-state index contributed by atoms with van der Waals surface area (Å²) in [5, 5.41) is 20.5. The molecule has 3 aromatic carbocycles. The first kappa shape index (κ1) is 19.8. The molecule has 0 spiro atoms. The Morgan fingerprint density at radius 2 is 1.60 bits per heavy atom. The van der Waals surface area contributed by atoms with Crippen molar-refractivity contribution < 1.29 is 4.92 Å². The summed E-state index contributed by atoms with van der Waals surface area (Å²) in [4.78, 5) is 10.5. The fourth-order valence-electron chi connectivity index (χ4n) is 3.10. The molecule has 0 amide bonds. The number of non-ortho nitro benzene ring substituents is 1. The van der Waals surface area contributed by atoms with Gasteiger partial charge in [0.05, 0.1) is 4.92 Å². The Balaban J connectivity index is 1.61. The van der Waals surface area contributed by atoms with E-state index in [0.717, 1.165) is 22.2 Å². The third-order valence-corrected chi connectivity index (χ3v) is 5.71. The van der Waals surface area contributed by atoms with E-state index in [-0.39, 0.29) is 10.6 Å². The molecule has 0 saturated heterocycles. The molecule has 30 heavy (non-hydrogen) atoms. The second-order valence-corrected chi connectivity index (χ2v) is 7.89. The lowest BCUT2D eigenvalue weighted by Gasteiger charge is -2.11. The quantitative estimate of drug-likeness (QED) is 0.230. The summed E-state index contributed by atoms with van der Waals surface area (Å²) in [6.07, 6.45) is 0.680. The Labute approximate surface area is 178 Å². The molecule has 1 heterocycles. The van der Waals surface area contributed by atoms with E-state index in [4.69, 9.17) is 0 Å². The van der Waals surface area contributed by atoms with Crippen molar-refractivity contribution in [2.75, 3.05) is 0 Å². The fourth-order valence-corrected chi connectivity index (χ4v) is 4.03. The molecule has 4 rings (SSSR count). The standard InChI is InChI=1S/C23H20N4O2S/c1-17-7-11-20(12-8-17)26-22(15-18-5-3-2-4-6-18)24-25-23(26)30-16-19-9-13-21(14-10-19)27(28)29/h2-14H,15-16H2,1H3. The molecule has 7 heteroatoms. The second-order valence-electron chi connectivity index (χ2n) is 6.94. The topological polar surface area (TPSA) is 73.8 Å². The van der Waals surface area contributed by atoms with Crippen LogP contribution in [0.2, 0.25) is 0 Å². The van der Waals surface area contributed by atoms with Crippen LogP contribution in [-0.4, -0.2) is 19.7 Å². The van der Waals surface area contributed by atoms with Crippen molar-refractivity contribution in [3.63, 3.8) is 0 Å². The number of aryl methyl sites for hydroxylation is 1.